The topological polar surface area (TPSA) is 43.4 Å². The molecule has 1 aliphatic carbocycles. The zero-order chi connectivity index (χ0) is 12.5. The Bertz CT molecular complexity index is 332. The molecule has 90 valence electrons. The minimum atomic E-state index is -0.614. The van der Waals surface area contributed by atoms with Crippen LogP contribution >= 0.6 is 0 Å². The van der Waals surface area contributed by atoms with Gasteiger partial charge in [0.1, 0.15) is 11.5 Å². The lowest BCUT2D eigenvalue weighted by molar-refractivity contribution is -0.160. The van der Waals surface area contributed by atoms with Crippen LogP contribution < -0.4 is 0 Å². The van der Waals surface area contributed by atoms with E-state index in [0.717, 1.165) is 5.57 Å². The number of allylic oxidation sites excluding steroid dienone is 2. The summed E-state index contributed by atoms with van der Waals surface area (Å²) in [7, 11) is 0. The van der Waals surface area contributed by atoms with Crippen LogP contribution in [0.15, 0.2) is 11.6 Å². The van der Waals surface area contributed by atoms with Gasteiger partial charge in [-0.2, -0.15) is 0 Å². The third-order valence-electron chi connectivity index (χ3n) is 2.54. The van der Waals surface area contributed by atoms with Crippen LogP contribution in [0.3, 0.4) is 0 Å². The van der Waals surface area contributed by atoms with Gasteiger partial charge in [-0.25, -0.2) is 0 Å². The molecule has 0 aromatic carbocycles. The molecule has 0 N–H and O–H groups in total. The standard InChI is InChI=1S/C13H20O3/c1-8(2)9-6-10(11(14)7-9)12(15)16-13(3,4)5/h7-8,10H,6H2,1-5H3. The molecule has 0 aliphatic heterocycles. The number of ether oxygens (including phenoxy) is 1. The number of esters is 1. The van der Waals surface area contributed by atoms with E-state index in [2.05, 4.69) is 0 Å². The van der Waals surface area contributed by atoms with Crippen LogP contribution in [0.1, 0.15) is 41.0 Å². The molecule has 16 heavy (non-hydrogen) atoms. The van der Waals surface area contributed by atoms with Crippen molar-refractivity contribution in [3.05, 3.63) is 11.6 Å². The number of rotatable bonds is 2. The lowest BCUT2D eigenvalue weighted by Crippen LogP contribution is -2.30. The van der Waals surface area contributed by atoms with Gasteiger partial charge in [0.2, 0.25) is 0 Å². The van der Waals surface area contributed by atoms with Crippen LogP contribution in [0.25, 0.3) is 0 Å². The summed E-state index contributed by atoms with van der Waals surface area (Å²) in [6.45, 7) is 9.47. The third kappa shape index (κ3) is 3.19. The highest BCUT2D eigenvalue weighted by Crippen LogP contribution is 2.29. The maximum absolute atomic E-state index is 11.8. The normalized spacial score (nSPS) is 21.2. The van der Waals surface area contributed by atoms with Crippen molar-refractivity contribution in [1.82, 2.24) is 0 Å². The molecule has 0 amide bonds. The predicted octanol–water partition coefficient (Wildman–Crippen LogP) is 2.50. The Balaban J connectivity index is 2.66. The highest BCUT2D eigenvalue weighted by molar-refractivity contribution is 6.07. The van der Waals surface area contributed by atoms with Crippen LogP contribution in [0.5, 0.6) is 0 Å². The molecular weight excluding hydrogens is 204 g/mol. The summed E-state index contributed by atoms with van der Waals surface area (Å²) in [6, 6.07) is 0. The highest BCUT2D eigenvalue weighted by Gasteiger charge is 2.35. The predicted molar refractivity (Wildman–Crippen MR) is 61.9 cm³/mol. The first kappa shape index (κ1) is 12.9. The first-order valence-corrected chi connectivity index (χ1v) is 5.68. The fourth-order valence-corrected chi connectivity index (χ4v) is 1.65. The van der Waals surface area contributed by atoms with E-state index in [1.54, 1.807) is 26.8 Å². The second kappa shape index (κ2) is 4.40. The molecule has 0 bridgehead atoms. The Morgan fingerprint density at radius 2 is 2.00 bits per heavy atom. The summed E-state index contributed by atoms with van der Waals surface area (Å²) < 4.78 is 5.23. The van der Waals surface area contributed by atoms with E-state index >= 15 is 0 Å². The highest BCUT2D eigenvalue weighted by atomic mass is 16.6. The fourth-order valence-electron chi connectivity index (χ4n) is 1.65. The van der Waals surface area contributed by atoms with Gasteiger partial charge in [0.25, 0.3) is 0 Å². The van der Waals surface area contributed by atoms with Gasteiger partial charge in [0, 0.05) is 0 Å². The molecule has 0 saturated carbocycles. The Hall–Kier alpha value is -1.12. The molecule has 0 spiro atoms. The van der Waals surface area contributed by atoms with E-state index < -0.39 is 17.5 Å². The molecule has 1 rings (SSSR count). The van der Waals surface area contributed by atoms with Gasteiger partial charge < -0.3 is 4.74 Å². The van der Waals surface area contributed by atoms with Gasteiger partial charge in [0.05, 0.1) is 0 Å². The summed E-state index contributed by atoms with van der Waals surface area (Å²) >= 11 is 0. The molecule has 1 atom stereocenters. The molecule has 0 heterocycles. The second-order valence-electron chi connectivity index (χ2n) is 5.57. The third-order valence-corrected chi connectivity index (χ3v) is 2.54. The fraction of sp³-hybridized carbons (Fsp3) is 0.692. The largest absolute Gasteiger partial charge is 0.459 e. The van der Waals surface area contributed by atoms with E-state index in [1.807, 2.05) is 13.8 Å². The van der Waals surface area contributed by atoms with E-state index in [9.17, 15) is 9.59 Å². The van der Waals surface area contributed by atoms with Crippen LogP contribution in [0, 0.1) is 11.8 Å². The minimum absolute atomic E-state index is 0.113. The molecule has 1 aliphatic rings. The molecule has 1 unspecified atom stereocenters. The molecule has 0 aromatic heterocycles. The van der Waals surface area contributed by atoms with Gasteiger partial charge >= 0.3 is 5.97 Å². The number of carbonyl (C=O) groups excluding carboxylic acids is 2. The van der Waals surface area contributed by atoms with Crippen LogP contribution in [0.4, 0.5) is 0 Å². The SMILES string of the molecule is CC(C)C1=CC(=O)C(C(=O)OC(C)(C)C)C1. The molecule has 0 radical (unpaired) electrons. The van der Waals surface area contributed by atoms with Crippen LogP contribution in [-0.4, -0.2) is 17.4 Å². The summed E-state index contributed by atoms with van der Waals surface area (Å²) in [5.41, 5.74) is 0.513. The van der Waals surface area contributed by atoms with E-state index in [1.165, 1.54) is 0 Å². The van der Waals surface area contributed by atoms with Crippen molar-refractivity contribution in [3.63, 3.8) is 0 Å². The Morgan fingerprint density at radius 1 is 1.44 bits per heavy atom. The minimum Gasteiger partial charge on any atom is -0.459 e. The average Bonchev–Trinajstić information content (AvgIpc) is 2.44. The number of ketones is 1. The first-order chi connectivity index (χ1) is 7.20. The average molecular weight is 224 g/mol. The van der Waals surface area contributed by atoms with E-state index in [0.29, 0.717) is 12.3 Å². The molecule has 3 heteroatoms. The monoisotopic (exact) mass is 224 g/mol. The molecular formula is C13H20O3. The van der Waals surface area contributed by atoms with Gasteiger partial charge in [-0.05, 0) is 39.2 Å². The summed E-state index contributed by atoms with van der Waals surface area (Å²) in [4.78, 5) is 23.4. The van der Waals surface area contributed by atoms with Crippen molar-refractivity contribution >= 4 is 11.8 Å². The van der Waals surface area contributed by atoms with Crippen molar-refractivity contribution < 1.29 is 14.3 Å². The van der Waals surface area contributed by atoms with Crippen molar-refractivity contribution in [2.24, 2.45) is 11.8 Å². The smallest absolute Gasteiger partial charge is 0.317 e. The van der Waals surface area contributed by atoms with Crippen molar-refractivity contribution in [2.75, 3.05) is 0 Å². The molecule has 0 saturated heterocycles. The van der Waals surface area contributed by atoms with Crippen molar-refractivity contribution in [1.29, 1.82) is 0 Å². The quantitative estimate of drug-likeness (QED) is 0.534. The maximum Gasteiger partial charge on any atom is 0.317 e. The zero-order valence-corrected chi connectivity index (χ0v) is 10.7. The van der Waals surface area contributed by atoms with Crippen molar-refractivity contribution in [2.45, 2.75) is 46.6 Å². The summed E-state index contributed by atoms with van der Waals surface area (Å²) in [6.07, 6.45) is 2.12. The number of carbonyl (C=O) groups is 2. The first-order valence-electron chi connectivity index (χ1n) is 5.68. The zero-order valence-electron chi connectivity index (χ0n) is 10.7. The molecule has 0 aromatic rings. The molecule has 0 fully saturated rings. The lowest BCUT2D eigenvalue weighted by atomic mass is 9.98. The Kier molecular flexibility index (Phi) is 3.56. The van der Waals surface area contributed by atoms with E-state index in [4.69, 9.17) is 4.74 Å². The van der Waals surface area contributed by atoms with E-state index in [-0.39, 0.29) is 5.78 Å². The van der Waals surface area contributed by atoms with Crippen molar-refractivity contribution in [3.8, 4) is 0 Å². The molecule has 3 nitrogen and oxygen atoms in total. The van der Waals surface area contributed by atoms with Gasteiger partial charge in [-0.3, -0.25) is 9.59 Å². The summed E-state index contributed by atoms with van der Waals surface area (Å²) in [5, 5.41) is 0. The lowest BCUT2D eigenvalue weighted by Gasteiger charge is -2.21. The Morgan fingerprint density at radius 3 is 2.38 bits per heavy atom. The number of hydrogen-bond acceptors (Lipinski definition) is 3. The summed E-state index contributed by atoms with van der Waals surface area (Å²) in [5.74, 6) is -0.810. The van der Waals surface area contributed by atoms with Gasteiger partial charge in [-0.1, -0.05) is 19.4 Å². The van der Waals surface area contributed by atoms with Crippen LogP contribution in [0.2, 0.25) is 0 Å². The maximum atomic E-state index is 11.8. The van der Waals surface area contributed by atoms with Gasteiger partial charge in [0.15, 0.2) is 5.78 Å². The Labute approximate surface area is 96.9 Å². The second-order valence-corrected chi connectivity index (χ2v) is 5.57. The number of hydrogen-bond donors (Lipinski definition) is 0. The van der Waals surface area contributed by atoms with Crippen LogP contribution in [-0.2, 0) is 14.3 Å². The van der Waals surface area contributed by atoms with Gasteiger partial charge in [-0.15, -0.1) is 0 Å².